The Labute approximate surface area is 170 Å². The molecule has 0 radical (unpaired) electrons. The molecule has 2 aromatic heterocycles. The van der Waals surface area contributed by atoms with Gasteiger partial charge in [-0.3, -0.25) is 9.78 Å². The summed E-state index contributed by atoms with van der Waals surface area (Å²) in [7, 11) is 0. The molecule has 4 rings (SSSR count). The van der Waals surface area contributed by atoms with Crippen molar-refractivity contribution in [3.63, 3.8) is 0 Å². The van der Waals surface area contributed by atoms with Crippen LogP contribution in [0.3, 0.4) is 0 Å². The van der Waals surface area contributed by atoms with E-state index in [0.29, 0.717) is 19.6 Å². The first-order valence-corrected chi connectivity index (χ1v) is 10.0. The predicted molar refractivity (Wildman–Crippen MR) is 111 cm³/mol. The van der Waals surface area contributed by atoms with Crippen LogP contribution in [0.5, 0.6) is 0 Å². The van der Waals surface area contributed by atoms with Gasteiger partial charge in [0.15, 0.2) is 0 Å². The van der Waals surface area contributed by atoms with Gasteiger partial charge in [-0.05, 0) is 56.0 Å². The zero-order chi connectivity index (χ0) is 20.2. The molecule has 1 aromatic carbocycles. The Balaban J connectivity index is 1.44. The van der Waals surface area contributed by atoms with E-state index in [4.69, 9.17) is 4.74 Å². The highest BCUT2D eigenvalue weighted by atomic mass is 16.5. The lowest BCUT2D eigenvalue weighted by molar-refractivity contribution is -0.126. The van der Waals surface area contributed by atoms with Crippen molar-refractivity contribution < 1.29 is 9.53 Å². The summed E-state index contributed by atoms with van der Waals surface area (Å²) in [6.07, 6.45) is 4.81. The minimum absolute atomic E-state index is 0.0325. The third-order valence-electron chi connectivity index (χ3n) is 5.42. The fraction of sp³-hybridized carbons (Fsp3) is 0.348. The number of aryl methyl sites for hydroxylation is 2. The molecule has 0 aliphatic carbocycles. The molecular weight excluding hydrogens is 364 g/mol. The number of aromatic nitrogens is 3. The number of para-hydroxylation sites is 1. The number of nitrogens with one attached hydrogen (secondary N) is 1. The van der Waals surface area contributed by atoms with E-state index in [1.807, 2.05) is 48.1 Å². The number of hydrogen-bond donors (Lipinski definition) is 1. The molecule has 0 bridgehead atoms. The maximum atomic E-state index is 12.9. The zero-order valence-electron chi connectivity index (χ0n) is 16.8. The highest BCUT2D eigenvalue weighted by Gasteiger charge is 2.37. The van der Waals surface area contributed by atoms with Gasteiger partial charge in [-0.25, -0.2) is 4.68 Å². The Morgan fingerprint density at radius 2 is 2.07 bits per heavy atom. The van der Waals surface area contributed by atoms with Crippen molar-refractivity contribution in [2.45, 2.75) is 32.8 Å². The Morgan fingerprint density at radius 3 is 2.86 bits per heavy atom. The molecule has 29 heavy (non-hydrogen) atoms. The van der Waals surface area contributed by atoms with E-state index < -0.39 is 0 Å². The smallest absolute Gasteiger partial charge is 0.226 e. The van der Waals surface area contributed by atoms with Gasteiger partial charge in [0, 0.05) is 31.2 Å². The van der Waals surface area contributed by atoms with Gasteiger partial charge in [-0.15, -0.1) is 0 Å². The number of hydrogen-bond acceptors (Lipinski definition) is 4. The van der Waals surface area contributed by atoms with E-state index in [1.165, 1.54) is 0 Å². The highest BCUT2D eigenvalue weighted by molar-refractivity contribution is 5.79. The SMILES string of the molecule is Cc1ccc(CCNC(=O)[C@H]2CCO[C@@H]2c2ccnn2-c2ccccc2C)cn1. The van der Waals surface area contributed by atoms with Crippen LogP contribution in [0, 0.1) is 19.8 Å². The minimum Gasteiger partial charge on any atom is -0.371 e. The number of ether oxygens (including phenoxy) is 1. The molecule has 1 aliphatic heterocycles. The molecule has 1 amide bonds. The first-order valence-electron chi connectivity index (χ1n) is 10.0. The van der Waals surface area contributed by atoms with Gasteiger partial charge in [0.25, 0.3) is 0 Å². The van der Waals surface area contributed by atoms with E-state index in [0.717, 1.165) is 34.6 Å². The Bertz CT molecular complexity index is 981. The normalized spacial score (nSPS) is 18.7. The number of rotatable bonds is 6. The fourth-order valence-electron chi connectivity index (χ4n) is 3.79. The average molecular weight is 390 g/mol. The van der Waals surface area contributed by atoms with Crippen molar-refractivity contribution in [1.29, 1.82) is 0 Å². The van der Waals surface area contributed by atoms with Crippen LogP contribution >= 0.6 is 0 Å². The van der Waals surface area contributed by atoms with E-state index in [1.54, 1.807) is 6.20 Å². The number of amides is 1. The summed E-state index contributed by atoms with van der Waals surface area (Å²) >= 11 is 0. The monoisotopic (exact) mass is 390 g/mol. The second-order valence-corrected chi connectivity index (χ2v) is 7.49. The molecule has 150 valence electrons. The van der Waals surface area contributed by atoms with Gasteiger partial charge in [-0.1, -0.05) is 24.3 Å². The van der Waals surface area contributed by atoms with Crippen LogP contribution in [-0.2, 0) is 16.0 Å². The molecule has 2 atom stereocenters. The molecule has 6 heteroatoms. The molecule has 1 aliphatic rings. The van der Waals surface area contributed by atoms with Gasteiger partial charge < -0.3 is 10.1 Å². The number of benzene rings is 1. The predicted octanol–water partition coefficient (Wildman–Crippen LogP) is 3.32. The second-order valence-electron chi connectivity index (χ2n) is 7.49. The molecule has 0 saturated carbocycles. The summed E-state index contributed by atoms with van der Waals surface area (Å²) in [5.41, 5.74) is 5.17. The van der Waals surface area contributed by atoms with Crippen molar-refractivity contribution >= 4 is 5.91 Å². The van der Waals surface area contributed by atoms with E-state index in [2.05, 4.69) is 34.5 Å². The maximum Gasteiger partial charge on any atom is 0.226 e. The molecule has 1 saturated heterocycles. The Kier molecular flexibility index (Phi) is 5.71. The topological polar surface area (TPSA) is 69.0 Å². The summed E-state index contributed by atoms with van der Waals surface area (Å²) in [6.45, 7) is 5.18. The van der Waals surface area contributed by atoms with Crippen molar-refractivity contribution in [1.82, 2.24) is 20.1 Å². The highest BCUT2D eigenvalue weighted by Crippen LogP contribution is 2.35. The van der Waals surface area contributed by atoms with Crippen molar-refractivity contribution in [2.24, 2.45) is 5.92 Å². The van der Waals surface area contributed by atoms with Crippen molar-refractivity contribution in [3.8, 4) is 5.69 Å². The fourth-order valence-corrected chi connectivity index (χ4v) is 3.79. The van der Waals surface area contributed by atoms with Gasteiger partial charge in [0.05, 0.1) is 17.3 Å². The van der Waals surface area contributed by atoms with Crippen LogP contribution in [0.1, 0.15) is 35.0 Å². The quantitative estimate of drug-likeness (QED) is 0.701. The summed E-state index contributed by atoms with van der Waals surface area (Å²) in [6, 6.07) is 14.1. The number of nitrogens with zero attached hydrogens (tertiary/aromatic N) is 3. The van der Waals surface area contributed by atoms with Gasteiger partial charge in [0.2, 0.25) is 5.91 Å². The van der Waals surface area contributed by atoms with Crippen LogP contribution < -0.4 is 5.32 Å². The Morgan fingerprint density at radius 1 is 1.21 bits per heavy atom. The van der Waals surface area contributed by atoms with Crippen LogP contribution in [0.4, 0.5) is 0 Å². The number of carbonyl (C=O) groups excluding carboxylic acids is 1. The van der Waals surface area contributed by atoms with Crippen LogP contribution in [-0.4, -0.2) is 33.8 Å². The lowest BCUT2D eigenvalue weighted by Crippen LogP contribution is -2.34. The van der Waals surface area contributed by atoms with E-state index >= 15 is 0 Å². The average Bonchev–Trinajstić information content (AvgIpc) is 3.39. The molecule has 3 heterocycles. The van der Waals surface area contributed by atoms with Gasteiger partial charge >= 0.3 is 0 Å². The lowest BCUT2D eigenvalue weighted by atomic mass is 9.97. The summed E-state index contributed by atoms with van der Waals surface area (Å²) < 4.78 is 7.87. The maximum absolute atomic E-state index is 12.9. The molecule has 0 unspecified atom stereocenters. The third kappa shape index (κ3) is 4.22. The van der Waals surface area contributed by atoms with Crippen LogP contribution in [0.15, 0.2) is 54.9 Å². The molecular formula is C23H26N4O2. The van der Waals surface area contributed by atoms with Crippen LogP contribution in [0.25, 0.3) is 5.69 Å². The first-order chi connectivity index (χ1) is 14.1. The first kappa shape index (κ1) is 19.3. The van der Waals surface area contributed by atoms with Crippen LogP contribution in [0.2, 0.25) is 0 Å². The summed E-state index contributed by atoms with van der Waals surface area (Å²) in [5.74, 6) is -0.185. The minimum atomic E-state index is -0.293. The second kappa shape index (κ2) is 8.57. The number of carbonyl (C=O) groups is 1. The van der Waals surface area contributed by atoms with Crippen molar-refractivity contribution in [2.75, 3.05) is 13.2 Å². The molecule has 6 nitrogen and oxygen atoms in total. The molecule has 0 spiro atoms. The summed E-state index contributed by atoms with van der Waals surface area (Å²) in [5, 5.41) is 7.57. The van der Waals surface area contributed by atoms with Crippen molar-refractivity contribution in [3.05, 3.63) is 77.4 Å². The standard InChI is InChI=1S/C23H26N4O2/c1-16-5-3-4-6-20(16)27-21(10-13-26-27)22-19(11-14-29-22)23(28)24-12-9-18-8-7-17(2)25-15-18/h3-8,10,13,15,19,22H,9,11-12,14H2,1-2H3,(H,24,28)/t19-,22-/m0/s1. The molecule has 1 fully saturated rings. The lowest BCUT2D eigenvalue weighted by Gasteiger charge is -2.20. The van der Waals surface area contributed by atoms with E-state index in [9.17, 15) is 4.79 Å². The summed E-state index contributed by atoms with van der Waals surface area (Å²) in [4.78, 5) is 17.2. The molecule has 1 N–H and O–H groups in total. The third-order valence-corrected chi connectivity index (χ3v) is 5.42. The number of pyridine rings is 1. The molecule has 3 aromatic rings. The zero-order valence-corrected chi connectivity index (χ0v) is 16.8. The Hall–Kier alpha value is -2.99. The van der Waals surface area contributed by atoms with E-state index in [-0.39, 0.29) is 17.9 Å². The van der Waals surface area contributed by atoms with Gasteiger partial charge in [0.1, 0.15) is 6.10 Å². The van der Waals surface area contributed by atoms with Gasteiger partial charge in [-0.2, -0.15) is 5.10 Å². The largest absolute Gasteiger partial charge is 0.371 e.